The van der Waals surface area contributed by atoms with Crippen molar-refractivity contribution in [3.05, 3.63) is 24.2 Å². The van der Waals surface area contributed by atoms with E-state index in [2.05, 4.69) is 5.16 Å². The number of nitrogens with zero attached hydrogens (tertiary/aromatic N) is 2. The fourth-order valence-electron chi connectivity index (χ4n) is 2.48. The molecule has 0 bridgehead atoms. The Bertz CT molecular complexity index is 440. The lowest BCUT2D eigenvalue weighted by Gasteiger charge is -2.32. The molecule has 1 amide bonds. The first kappa shape index (κ1) is 13.6. The van der Waals surface area contributed by atoms with E-state index in [-0.39, 0.29) is 11.8 Å². The Morgan fingerprint density at radius 1 is 1.63 bits per heavy atom. The first-order valence-corrected chi connectivity index (χ1v) is 6.75. The van der Waals surface area contributed by atoms with Gasteiger partial charge in [-0.05, 0) is 18.6 Å². The number of hydrogen-bond donors (Lipinski definition) is 1. The molecule has 0 aromatic carbocycles. The molecule has 1 saturated heterocycles. The molecule has 1 atom stereocenters. The van der Waals surface area contributed by atoms with Crippen LogP contribution in [0.4, 0.5) is 0 Å². The lowest BCUT2D eigenvalue weighted by Crippen LogP contribution is -2.44. The van der Waals surface area contributed by atoms with Crippen molar-refractivity contribution < 1.29 is 14.4 Å². The summed E-state index contributed by atoms with van der Waals surface area (Å²) < 4.78 is 5.23. The van der Waals surface area contributed by atoms with Crippen LogP contribution >= 0.6 is 0 Å². The van der Waals surface area contributed by atoms with Gasteiger partial charge in [0.1, 0.15) is 5.76 Å². The summed E-state index contributed by atoms with van der Waals surface area (Å²) in [5, 5.41) is 12.3. The van der Waals surface area contributed by atoms with Gasteiger partial charge in [-0.3, -0.25) is 4.79 Å². The molecule has 2 rings (SSSR count). The SMILES string of the molecule is CCC1CN(C(=O)CCc2ccco2)CC/C1=N\O. The van der Waals surface area contributed by atoms with Crippen LogP contribution in [0, 0.1) is 5.92 Å². The Morgan fingerprint density at radius 2 is 2.47 bits per heavy atom. The Morgan fingerprint density at radius 3 is 3.11 bits per heavy atom. The van der Waals surface area contributed by atoms with Crippen LogP contribution in [0.5, 0.6) is 0 Å². The average molecular weight is 264 g/mol. The topological polar surface area (TPSA) is 66.0 Å². The molecule has 0 saturated carbocycles. The van der Waals surface area contributed by atoms with Crippen molar-refractivity contribution >= 4 is 11.6 Å². The minimum absolute atomic E-state index is 0.145. The van der Waals surface area contributed by atoms with Crippen molar-refractivity contribution in [3.8, 4) is 0 Å². The van der Waals surface area contributed by atoms with E-state index in [1.807, 2.05) is 24.0 Å². The molecule has 1 N–H and O–H groups in total. The molecule has 1 aromatic rings. The number of aryl methyl sites for hydroxylation is 1. The standard InChI is InChI=1S/C14H20N2O3/c1-2-11-10-16(8-7-13(11)15-18)14(17)6-5-12-4-3-9-19-12/h3-4,9,11,18H,2,5-8,10H2,1H3/b15-13+. The summed E-state index contributed by atoms with van der Waals surface area (Å²) in [7, 11) is 0. The van der Waals surface area contributed by atoms with Crippen LogP contribution in [0.2, 0.25) is 0 Å². The van der Waals surface area contributed by atoms with Gasteiger partial charge in [-0.15, -0.1) is 0 Å². The highest BCUT2D eigenvalue weighted by molar-refractivity contribution is 5.89. The summed E-state index contributed by atoms with van der Waals surface area (Å²) in [6.07, 6.45) is 4.29. The molecule has 1 aliphatic rings. The fourth-order valence-corrected chi connectivity index (χ4v) is 2.48. The van der Waals surface area contributed by atoms with Crippen LogP contribution < -0.4 is 0 Å². The molecular formula is C14H20N2O3. The molecule has 1 aromatic heterocycles. The summed E-state index contributed by atoms with van der Waals surface area (Å²) in [6, 6.07) is 3.71. The zero-order valence-electron chi connectivity index (χ0n) is 11.2. The van der Waals surface area contributed by atoms with Gasteiger partial charge in [0.05, 0.1) is 12.0 Å². The van der Waals surface area contributed by atoms with Gasteiger partial charge in [0.2, 0.25) is 5.91 Å². The van der Waals surface area contributed by atoms with Gasteiger partial charge in [0, 0.05) is 38.3 Å². The minimum atomic E-state index is 0.145. The van der Waals surface area contributed by atoms with Crippen LogP contribution in [0.3, 0.4) is 0 Å². The van der Waals surface area contributed by atoms with Gasteiger partial charge in [0.25, 0.3) is 0 Å². The molecule has 1 aliphatic heterocycles. The van der Waals surface area contributed by atoms with Crippen LogP contribution in [0.25, 0.3) is 0 Å². The number of carbonyl (C=O) groups excluding carboxylic acids is 1. The largest absolute Gasteiger partial charge is 0.469 e. The predicted molar refractivity (Wildman–Crippen MR) is 71.2 cm³/mol. The molecule has 0 aliphatic carbocycles. The first-order valence-electron chi connectivity index (χ1n) is 6.75. The van der Waals surface area contributed by atoms with Gasteiger partial charge < -0.3 is 14.5 Å². The molecule has 5 nitrogen and oxygen atoms in total. The van der Waals surface area contributed by atoms with E-state index >= 15 is 0 Å². The average Bonchev–Trinajstić information content (AvgIpc) is 2.97. The lowest BCUT2D eigenvalue weighted by atomic mass is 9.93. The molecule has 0 spiro atoms. The summed E-state index contributed by atoms with van der Waals surface area (Å²) in [4.78, 5) is 14.0. The van der Waals surface area contributed by atoms with E-state index in [0.29, 0.717) is 32.4 Å². The van der Waals surface area contributed by atoms with Crippen molar-refractivity contribution in [3.63, 3.8) is 0 Å². The second-order valence-corrected chi connectivity index (χ2v) is 4.87. The number of piperidine rings is 1. The smallest absolute Gasteiger partial charge is 0.223 e. The monoisotopic (exact) mass is 264 g/mol. The Balaban J connectivity index is 1.86. The van der Waals surface area contributed by atoms with Crippen molar-refractivity contribution in [1.29, 1.82) is 0 Å². The number of amides is 1. The first-order chi connectivity index (χ1) is 9.24. The molecule has 2 heterocycles. The number of rotatable bonds is 4. The van der Waals surface area contributed by atoms with Crippen LogP contribution in [-0.4, -0.2) is 34.8 Å². The van der Waals surface area contributed by atoms with Crippen molar-refractivity contribution in [1.82, 2.24) is 4.90 Å². The van der Waals surface area contributed by atoms with Gasteiger partial charge >= 0.3 is 0 Å². The van der Waals surface area contributed by atoms with Gasteiger partial charge in [0.15, 0.2) is 0 Å². The van der Waals surface area contributed by atoms with E-state index in [4.69, 9.17) is 9.62 Å². The molecule has 104 valence electrons. The number of carbonyl (C=O) groups is 1. The molecular weight excluding hydrogens is 244 g/mol. The zero-order chi connectivity index (χ0) is 13.7. The van der Waals surface area contributed by atoms with E-state index < -0.39 is 0 Å². The third-order valence-corrected chi connectivity index (χ3v) is 3.69. The van der Waals surface area contributed by atoms with E-state index in [1.54, 1.807) is 6.26 Å². The Hall–Kier alpha value is -1.78. The molecule has 5 heteroatoms. The maximum atomic E-state index is 12.1. The second kappa shape index (κ2) is 6.41. The maximum Gasteiger partial charge on any atom is 0.223 e. The van der Waals surface area contributed by atoms with Gasteiger partial charge in [-0.2, -0.15) is 0 Å². The minimum Gasteiger partial charge on any atom is -0.469 e. The van der Waals surface area contributed by atoms with E-state index in [1.165, 1.54) is 0 Å². The third kappa shape index (κ3) is 3.36. The Kier molecular flexibility index (Phi) is 4.60. The number of likely N-dealkylation sites (tertiary alicyclic amines) is 1. The third-order valence-electron chi connectivity index (χ3n) is 3.69. The summed E-state index contributed by atoms with van der Waals surface area (Å²) in [5.74, 6) is 1.17. The highest BCUT2D eigenvalue weighted by atomic mass is 16.4. The summed E-state index contributed by atoms with van der Waals surface area (Å²) in [5.41, 5.74) is 0.817. The molecule has 1 fully saturated rings. The quantitative estimate of drug-likeness (QED) is 0.670. The Labute approximate surface area is 112 Å². The zero-order valence-corrected chi connectivity index (χ0v) is 11.2. The maximum absolute atomic E-state index is 12.1. The van der Waals surface area contributed by atoms with Gasteiger partial charge in [-0.25, -0.2) is 0 Å². The summed E-state index contributed by atoms with van der Waals surface area (Å²) >= 11 is 0. The molecule has 19 heavy (non-hydrogen) atoms. The van der Waals surface area contributed by atoms with Crippen molar-refractivity contribution in [2.45, 2.75) is 32.6 Å². The van der Waals surface area contributed by atoms with Crippen LogP contribution in [0.15, 0.2) is 28.0 Å². The van der Waals surface area contributed by atoms with Gasteiger partial charge in [-0.1, -0.05) is 12.1 Å². The fraction of sp³-hybridized carbons (Fsp3) is 0.571. The number of furan rings is 1. The highest BCUT2D eigenvalue weighted by Crippen LogP contribution is 2.18. The normalized spacial score (nSPS) is 21.8. The highest BCUT2D eigenvalue weighted by Gasteiger charge is 2.27. The molecule has 1 unspecified atom stereocenters. The van der Waals surface area contributed by atoms with Crippen molar-refractivity contribution in [2.75, 3.05) is 13.1 Å². The van der Waals surface area contributed by atoms with Crippen LogP contribution in [0.1, 0.15) is 31.9 Å². The summed E-state index contributed by atoms with van der Waals surface area (Å²) in [6.45, 7) is 3.35. The van der Waals surface area contributed by atoms with Crippen molar-refractivity contribution in [2.24, 2.45) is 11.1 Å². The lowest BCUT2D eigenvalue weighted by molar-refractivity contribution is -0.131. The predicted octanol–water partition coefficient (Wildman–Crippen LogP) is 2.30. The molecule has 0 radical (unpaired) electrons. The second-order valence-electron chi connectivity index (χ2n) is 4.87. The van der Waals surface area contributed by atoms with E-state index in [9.17, 15) is 4.79 Å². The number of hydrogen-bond acceptors (Lipinski definition) is 4. The number of oxime groups is 1. The van der Waals surface area contributed by atoms with E-state index in [0.717, 1.165) is 17.9 Å². The van der Waals surface area contributed by atoms with Crippen LogP contribution in [-0.2, 0) is 11.2 Å².